The molecule has 1 aromatic heterocycles. The van der Waals surface area contributed by atoms with Crippen molar-refractivity contribution in [1.82, 2.24) is 15.2 Å². The van der Waals surface area contributed by atoms with Gasteiger partial charge in [-0.3, -0.25) is 14.6 Å². The average molecular weight is 386 g/mol. The van der Waals surface area contributed by atoms with Gasteiger partial charge < -0.3 is 10.2 Å². The molecule has 1 aliphatic heterocycles. The summed E-state index contributed by atoms with van der Waals surface area (Å²) in [6.45, 7) is 2.04. The Morgan fingerprint density at radius 2 is 1.74 bits per heavy atom. The van der Waals surface area contributed by atoms with Crippen LogP contribution >= 0.6 is 11.6 Å². The highest BCUT2D eigenvalue weighted by Crippen LogP contribution is 2.13. The second kappa shape index (κ2) is 9.51. The maximum Gasteiger partial charge on any atom is 0.272 e. The largest absolute Gasteiger partial charge is 0.352 e. The number of nitrogens with one attached hydrogen (secondary N) is 1. The molecule has 0 spiro atoms. The van der Waals surface area contributed by atoms with E-state index in [-0.39, 0.29) is 11.8 Å². The molecule has 2 amide bonds. The molecular formula is C21H24ClN3O2. The van der Waals surface area contributed by atoms with E-state index in [4.69, 9.17) is 11.6 Å². The van der Waals surface area contributed by atoms with Crippen molar-refractivity contribution in [1.29, 1.82) is 0 Å². The van der Waals surface area contributed by atoms with Gasteiger partial charge in [0.05, 0.1) is 0 Å². The SMILES string of the molecule is O=C(NCCc1ccc(Cl)cc1)c1ccnc(C(=O)N2CCCCCC2)c1. The molecule has 3 rings (SSSR count). The van der Waals surface area contributed by atoms with Gasteiger partial charge in [0.2, 0.25) is 0 Å². The lowest BCUT2D eigenvalue weighted by Gasteiger charge is -2.19. The molecule has 2 aromatic rings. The van der Waals surface area contributed by atoms with Crippen LogP contribution in [0.15, 0.2) is 42.6 Å². The van der Waals surface area contributed by atoms with Crippen molar-refractivity contribution in [3.63, 3.8) is 0 Å². The summed E-state index contributed by atoms with van der Waals surface area (Å²) < 4.78 is 0. The number of nitrogens with zero attached hydrogens (tertiary/aromatic N) is 2. The van der Waals surface area contributed by atoms with E-state index in [0.717, 1.165) is 44.3 Å². The van der Waals surface area contributed by atoms with Crippen LogP contribution in [0.2, 0.25) is 5.02 Å². The third-order valence-electron chi connectivity index (χ3n) is 4.75. The highest BCUT2D eigenvalue weighted by Gasteiger charge is 2.19. The first-order valence-electron chi connectivity index (χ1n) is 9.41. The fourth-order valence-electron chi connectivity index (χ4n) is 3.20. The molecular weight excluding hydrogens is 362 g/mol. The van der Waals surface area contributed by atoms with E-state index in [2.05, 4.69) is 10.3 Å². The Balaban J connectivity index is 1.57. The Kier molecular flexibility index (Phi) is 6.82. The van der Waals surface area contributed by atoms with Gasteiger partial charge in [-0.05, 0) is 49.1 Å². The van der Waals surface area contributed by atoms with Crippen molar-refractivity contribution in [2.24, 2.45) is 0 Å². The summed E-state index contributed by atoms with van der Waals surface area (Å²) in [6, 6.07) is 10.8. The van der Waals surface area contributed by atoms with Crippen molar-refractivity contribution in [3.05, 3.63) is 64.4 Å². The molecule has 1 N–H and O–H groups in total. The minimum Gasteiger partial charge on any atom is -0.352 e. The van der Waals surface area contributed by atoms with Gasteiger partial charge >= 0.3 is 0 Å². The quantitative estimate of drug-likeness (QED) is 0.853. The smallest absolute Gasteiger partial charge is 0.272 e. The number of benzene rings is 1. The highest BCUT2D eigenvalue weighted by atomic mass is 35.5. The van der Waals surface area contributed by atoms with Crippen LogP contribution in [0, 0.1) is 0 Å². The number of hydrogen-bond acceptors (Lipinski definition) is 3. The summed E-state index contributed by atoms with van der Waals surface area (Å²) in [4.78, 5) is 31.1. The molecule has 142 valence electrons. The normalized spacial score (nSPS) is 14.5. The van der Waals surface area contributed by atoms with E-state index in [9.17, 15) is 9.59 Å². The van der Waals surface area contributed by atoms with Crippen molar-refractivity contribution in [2.45, 2.75) is 32.1 Å². The monoisotopic (exact) mass is 385 g/mol. The summed E-state index contributed by atoms with van der Waals surface area (Å²) in [5, 5.41) is 3.59. The first-order chi connectivity index (χ1) is 13.1. The maximum atomic E-state index is 12.7. The molecule has 1 saturated heterocycles. The van der Waals surface area contributed by atoms with Crippen LogP contribution in [-0.2, 0) is 6.42 Å². The van der Waals surface area contributed by atoms with Crippen LogP contribution < -0.4 is 5.32 Å². The molecule has 0 atom stereocenters. The number of aromatic nitrogens is 1. The van der Waals surface area contributed by atoms with Gasteiger partial charge in [0.25, 0.3) is 11.8 Å². The molecule has 0 radical (unpaired) electrons. The maximum absolute atomic E-state index is 12.7. The van der Waals surface area contributed by atoms with Crippen LogP contribution in [0.5, 0.6) is 0 Å². The van der Waals surface area contributed by atoms with Crippen molar-refractivity contribution < 1.29 is 9.59 Å². The van der Waals surface area contributed by atoms with Crippen LogP contribution in [0.4, 0.5) is 0 Å². The number of hydrogen-bond donors (Lipinski definition) is 1. The van der Waals surface area contributed by atoms with E-state index < -0.39 is 0 Å². The van der Waals surface area contributed by atoms with E-state index in [0.29, 0.717) is 29.2 Å². The molecule has 0 aliphatic carbocycles. The number of carbonyl (C=O) groups excluding carboxylic acids is 2. The van der Waals surface area contributed by atoms with Gasteiger partial charge in [-0.25, -0.2) is 0 Å². The Morgan fingerprint density at radius 3 is 2.44 bits per heavy atom. The van der Waals surface area contributed by atoms with Gasteiger partial charge in [0.15, 0.2) is 0 Å². The molecule has 27 heavy (non-hydrogen) atoms. The van der Waals surface area contributed by atoms with Gasteiger partial charge in [-0.2, -0.15) is 0 Å². The summed E-state index contributed by atoms with van der Waals surface area (Å²) in [5.74, 6) is -0.288. The minimum atomic E-state index is -0.198. The topological polar surface area (TPSA) is 62.3 Å². The van der Waals surface area contributed by atoms with Gasteiger partial charge in [-0.1, -0.05) is 36.6 Å². The molecule has 6 heteroatoms. The predicted octanol–water partition coefficient (Wildman–Crippen LogP) is 3.72. The van der Waals surface area contributed by atoms with Crippen molar-refractivity contribution >= 4 is 23.4 Å². The average Bonchev–Trinajstić information content (AvgIpc) is 2.98. The van der Waals surface area contributed by atoms with Crippen molar-refractivity contribution in [2.75, 3.05) is 19.6 Å². The second-order valence-electron chi connectivity index (χ2n) is 6.77. The number of halogens is 1. The lowest BCUT2D eigenvalue weighted by molar-refractivity contribution is 0.0755. The second-order valence-corrected chi connectivity index (χ2v) is 7.20. The predicted molar refractivity (Wildman–Crippen MR) is 106 cm³/mol. The van der Waals surface area contributed by atoms with Crippen LogP contribution in [0.25, 0.3) is 0 Å². The molecule has 2 heterocycles. The standard InChI is InChI=1S/C21H24ClN3O2/c22-18-7-5-16(6-8-18)9-11-24-20(26)17-10-12-23-19(15-17)21(27)25-13-3-1-2-4-14-25/h5-8,10,12,15H,1-4,9,11,13-14H2,(H,24,26). The Morgan fingerprint density at radius 1 is 1.04 bits per heavy atom. The molecule has 0 unspecified atom stereocenters. The highest BCUT2D eigenvalue weighted by molar-refractivity contribution is 6.30. The van der Waals surface area contributed by atoms with Gasteiger partial charge in [0, 0.05) is 36.4 Å². The third kappa shape index (κ3) is 5.54. The third-order valence-corrected chi connectivity index (χ3v) is 5.00. The van der Waals surface area contributed by atoms with Gasteiger partial charge in [-0.15, -0.1) is 0 Å². The summed E-state index contributed by atoms with van der Waals surface area (Å²) in [7, 11) is 0. The lowest BCUT2D eigenvalue weighted by atomic mass is 10.1. The van der Waals surface area contributed by atoms with E-state index in [1.807, 2.05) is 29.2 Å². The Bertz CT molecular complexity index is 784. The summed E-state index contributed by atoms with van der Waals surface area (Å²) >= 11 is 5.88. The first kappa shape index (κ1) is 19.4. The van der Waals surface area contributed by atoms with Crippen molar-refractivity contribution in [3.8, 4) is 0 Å². The van der Waals surface area contributed by atoms with Crippen LogP contribution in [0.3, 0.4) is 0 Å². The summed E-state index contributed by atoms with van der Waals surface area (Å²) in [5.41, 5.74) is 1.90. The summed E-state index contributed by atoms with van der Waals surface area (Å²) in [6.07, 6.45) is 6.61. The molecule has 5 nitrogen and oxygen atoms in total. The van der Waals surface area contributed by atoms with E-state index in [1.54, 1.807) is 12.1 Å². The lowest BCUT2D eigenvalue weighted by Crippen LogP contribution is -2.33. The van der Waals surface area contributed by atoms with Crippen LogP contribution in [0.1, 0.15) is 52.1 Å². The fraction of sp³-hybridized carbons (Fsp3) is 0.381. The molecule has 1 aromatic carbocycles. The number of pyridine rings is 1. The molecule has 1 fully saturated rings. The molecule has 0 bridgehead atoms. The zero-order valence-electron chi connectivity index (χ0n) is 15.3. The Hall–Kier alpha value is -2.40. The zero-order valence-corrected chi connectivity index (χ0v) is 16.0. The molecule has 0 saturated carbocycles. The van der Waals surface area contributed by atoms with E-state index >= 15 is 0 Å². The van der Waals surface area contributed by atoms with Crippen LogP contribution in [-0.4, -0.2) is 41.3 Å². The fourth-order valence-corrected chi connectivity index (χ4v) is 3.32. The number of carbonyl (C=O) groups is 2. The number of likely N-dealkylation sites (tertiary alicyclic amines) is 1. The first-order valence-corrected chi connectivity index (χ1v) is 9.79. The van der Waals surface area contributed by atoms with E-state index in [1.165, 1.54) is 6.20 Å². The number of rotatable bonds is 5. The Labute approximate surface area is 164 Å². The zero-order chi connectivity index (χ0) is 19.1. The van der Waals surface area contributed by atoms with Gasteiger partial charge in [0.1, 0.15) is 5.69 Å². The molecule has 1 aliphatic rings. The minimum absolute atomic E-state index is 0.0901. The number of amides is 2.